The molecule has 0 aromatic heterocycles. The largest absolute Gasteiger partial charge is 0.454 e. The Kier molecular flexibility index (Phi) is 5.50. The van der Waals surface area contributed by atoms with Crippen molar-refractivity contribution in [2.75, 3.05) is 18.3 Å². The van der Waals surface area contributed by atoms with E-state index in [1.807, 2.05) is 18.2 Å². The van der Waals surface area contributed by atoms with Gasteiger partial charge in [-0.15, -0.1) is 0 Å². The number of rotatable bonds is 5. The van der Waals surface area contributed by atoms with Crippen molar-refractivity contribution in [3.8, 4) is 11.5 Å². The van der Waals surface area contributed by atoms with Crippen LogP contribution in [-0.4, -0.2) is 36.3 Å². The Balaban J connectivity index is 1.29. The first-order valence-electron chi connectivity index (χ1n) is 8.92. The van der Waals surface area contributed by atoms with E-state index in [0.29, 0.717) is 12.3 Å². The summed E-state index contributed by atoms with van der Waals surface area (Å²) in [6.07, 6.45) is 0.777. The van der Waals surface area contributed by atoms with Crippen molar-refractivity contribution >= 4 is 17.7 Å². The highest BCUT2D eigenvalue weighted by molar-refractivity contribution is 7.99. The van der Waals surface area contributed by atoms with E-state index in [0.717, 1.165) is 34.8 Å². The van der Waals surface area contributed by atoms with Gasteiger partial charge in [-0.2, -0.15) is 11.8 Å². The number of fused-ring (bicyclic) bond motifs is 1. The Morgan fingerprint density at radius 2 is 1.89 bits per heavy atom. The number of benzene rings is 2. The van der Waals surface area contributed by atoms with Gasteiger partial charge in [0, 0.05) is 24.1 Å². The highest BCUT2D eigenvalue weighted by atomic mass is 32.2. The number of thioether (sulfide) groups is 1. The van der Waals surface area contributed by atoms with Crippen LogP contribution in [0.4, 0.5) is 4.39 Å². The predicted molar refractivity (Wildman–Crippen MR) is 103 cm³/mol. The molecule has 2 heterocycles. The Bertz CT molecular complexity index is 815. The second-order valence-electron chi connectivity index (χ2n) is 6.69. The average molecular weight is 388 g/mol. The maximum absolute atomic E-state index is 13.0. The van der Waals surface area contributed by atoms with Crippen molar-refractivity contribution in [1.82, 2.24) is 10.6 Å². The standard InChI is InChI=1S/C20H21FN2O3S/c21-15-4-1-13(2-5-15)7-16-10-27-11-17(23-16)20(24)22-9-14-3-6-18-19(8-14)26-12-25-18/h1-6,8,16-17,23H,7,9-12H2,(H,22,24)/t16?,17-/m0/s1. The summed E-state index contributed by atoms with van der Waals surface area (Å²) in [4.78, 5) is 12.6. The molecular formula is C20H21FN2O3S. The average Bonchev–Trinajstić information content (AvgIpc) is 3.16. The van der Waals surface area contributed by atoms with Gasteiger partial charge in [-0.1, -0.05) is 18.2 Å². The summed E-state index contributed by atoms with van der Waals surface area (Å²) in [7, 11) is 0. The Labute approximate surface area is 161 Å². The number of halogens is 1. The third-order valence-electron chi connectivity index (χ3n) is 4.66. The summed E-state index contributed by atoms with van der Waals surface area (Å²) < 4.78 is 23.7. The van der Waals surface area contributed by atoms with Crippen LogP contribution in [0.5, 0.6) is 11.5 Å². The van der Waals surface area contributed by atoms with Crippen LogP contribution in [0.1, 0.15) is 11.1 Å². The van der Waals surface area contributed by atoms with E-state index in [2.05, 4.69) is 10.6 Å². The zero-order valence-electron chi connectivity index (χ0n) is 14.7. The summed E-state index contributed by atoms with van der Waals surface area (Å²) in [6, 6.07) is 12.2. The lowest BCUT2D eigenvalue weighted by Gasteiger charge is -2.30. The lowest BCUT2D eigenvalue weighted by molar-refractivity contribution is -0.123. The van der Waals surface area contributed by atoms with Gasteiger partial charge in [0.1, 0.15) is 5.82 Å². The minimum Gasteiger partial charge on any atom is -0.454 e. The van der Waals surface area contributed by atoms with Crippen LogP contribution in [0.15, 0.2) is 42.5 Å². The second kappa shape index (κ2) is 8.19. The molecule has 0 bridgehead atoms. The van der Waals surface area contributed by atoms with Crippen molar-refractivity contribution < 1.29 is 18.7 Å². The zero-order chi connectivity index (χ0) is 18.6. The molecule has 1 amide bonds. The van der Waals surface area contributed by atoms with Crippen LogP contribution in [0.2, 0.25) is 0 Å². The Hall–Kier alpha value is -2.25. The molecule has 1 unspecified atom stereocenters. The highest BCUT2D eigenvalue weighted by Crippen LogP contribution is 2.32. The van der Waals surface area contributed by atoms with E-state index < -0.39 is 0 Å². The molecule has 4 rings (SSSR count). The molecule has 0 saturated carbocycles. The van der Waals surface area contributed by atoms with Crippen molar-refractivity contribution in [2.24, 2.45) is 0 Å². The van der Waals surface area contributed by atoms with Crippen molar-refractivity contribution in [3.05, 3.63) is 59.4 Å². The maximum Gasteiger partial charge on any atom is 0.238 e. The fraction of sp³-hybridized carbons (Fsp3) is 0.350. The third-order valence-corrected chi connectivity index (χ3v) is 5.86. The first kappa shape index (κ1) is 18.1. The topological polar surface area (TPSA) is 59.6 Å². The van der Waals surface area contributed by atoms with Crippen molar-refractivity contribution in [3.63, 3.8) is 0 Å². The van der Waals surface area contributed by atoms with Gasteiger partial charge >= 0.3 is 0 Å². The van der Waals surface area contributed by atoms with Gasteiger partial charge < -0.3 is 20.1 Å². The molecule has 2 aliphatic rings. The van der Waals surface area contributed by atoms with Gasteiger partial charge in [-0.3, -0.25) is 4.79 Å². The molecule has 1 fully saturated rings. The molecule has 0 spiro atoms. The van der Waals surface area contributed by atoms with Gasteiger partial charge in [-0.25, -0.2) is 4.39 Å². The second-order valence-corrected chi connectivity index (χ2v) is 7.76. The lowest BCUT2D eigenvalue weighted by atomic mass is 10.1. The van der Waals surface area contributed by atoms with E-state index in [-0.39, 0.29) is 30.6 Å². The first-order chi connectivity index (χ1) is 13.2. The molecule has 0 radical (unpaired) electrons. The number of hydrogen-bond donors (Lipinski definition) is 2. The number of ether oxygens (including phenoxy) is 2. The Morgan fingerprint density at radius 1 is 1.11 bits per heavy atom. The highest BCUT2D eigenvalue weighted by Gasteiger charge is 2.27. The quantitative estimate of drug-likeness (QED) is 0.824. The molecule has 2 aromatic rings. The number of carbonyl (C=O) groups is 1. The van der Waals surface area contributed by atoms with Gasteiger partial charge in [0.05, 0.1) is 6.04 Å². The molecule has 7 heteroatoms. The summed E-state index contributed by atoms with van der Waals surface area (Å²) in [6.45, 7) is 0.685. The molecule has 2 N–H and O–H groups in total. The third kappa shape index (κ3) is 4.54. The number of carbonyl (C=O) groups excluding carboxylic acids is 1. The molecule has 1 saturated heterocycles. The molecule has 2 aromatic carbocycles. The SMILES string of the molecule is O=C(NCc1ccc2c(c1)OCO2)[C@@H]1CSCC(Cc2ccc(F)cc2)N1. The number of hydrogen-bond acceptors (Lipinski definition) is 5. The van der Waals surface area contributed by atoms with Crippen LogP contribution in [0.3, 0.4) is 0 Å². The number of nitrogens with one attached hydrogen (secondary N) is 2. The van der Waals surface area contributed by atoms with Crippen LogP contribution in [-0.2, 0) is 17.8 Å². The van der Waals surface area contributed by atoms with Gasteiger partial charge in [0.2, 0.25) is 12.7 Å². The fourth-order valence-corrected chi connectivity index (χ4v) is 4.36. The van der Waals surface area contributed by atoms with Crippen LogP contribution in [0, 0.1) is 5.82 Å². The minimum atomic E-state index is -0.233. The molecule has 27 heavy (non-hydrogen) atoms. The molecule has 2 aliphatic heterocycles. The molecular weight excluding hydrogens is 367 g/mol. The molecule has 0 aliphatic carbocycles. The van der Waals surface area contributed by atoms with Gasteiger partial charge in [0.15, 0.2) is 11.5 Å². The molecule has 5 nitrogen and oxygen atoms in total. The Morgan fingerprint density at radius 3 is 2.74 bits per heavy atom. The zero-order valence-corrected chi connectivity index (χ0v) is 15.6. The molecule has 142 valence electrons. The van der Waals surface area contributed by atoms with Crippen LogP contribution in [0.25, 0.3) is 0 Å². The first-order valence-corrected chi connectivity index (χ1v) is 10.1. The van der Waals surface area contributed by atoms with E-state index in [4.69, 9.17) is 9.47 Å². The van der Waals surface area contributed by atoms with Crippen molar-refractivity contribution in [1.29, 1.82) is 0 Å². The fourth-order valence-electron chi connectivity index (χ4n) is 3.25. The molecule has 2 atom stereocenters. The maximum atomic E-state index is 13.0. The summed E-state index contributed by atoms with van der Waals surface area (Å²) in [5, 5.41) is 6.41. The summed E-state index contributed by atoms with van der Waals surface area (Å²) in [5.74, 6) is 2.89. The van der Waals surface area contributed by atoms with Crippen LogP contribution < -0.4 is 20.1 Å². The van der Waals surface area contributed by atoms with Gasteiger partial charge in [0.25, 0.3) is 0 Å². The predicted octanol–water partition coefficient (Wildman–Crippen LogP) is 2.49. The van der Waals surface area contributed by atoms with Crippen LogP contribution >= 0.6 is 11.8 Å². The van der Waals surface area contributed by atoms with E-state index in [1.54, 1.807) is 23.9 Å². The monoisotopic (exact) mass is 388 g/mol. The van der Waals surface area contributed by atoms with Crippen molar-refractivity contribution in [2.45, 2.75) is 25.0 Å². The summed E-state index contributed by atoms with van der Waals surface area (Å²) in [5.41, 5.74) is 2.04. The van der Waals surface area contributed by atoms with E-state index in [9.17, 15) is 9.18 Å². The normalized spacial score (nSPS) is 21.1. The number of amides is 1. The minimum absolute atomic E-state index is 0.0102. The lowest BCUT2D eigenvalue weighted by Crippen LogP contribution is -2.53. The summed E-state index contributed by atoms with van der Waals surface area (Å²) >= 11 is 1.77. The smallest absolute Gasteiger partial charge is 0.238 e. The van der Waals surface area contributed by atoms with Gasteiger partial charge in [-0.05, 0) is 41.8 Å². The van der Waals surface area contributed by atoms with E-state index >= 15 is 0 Å². The van der Waals surface area contributed by atoms with E-state index in [1.165, 1.54) is 12.1 Å².